The van der Waals surface area contributed by atoms with Crippen molar-refractivity contribution in [3.8, 4) is 0 Å². The Hall–Kier alpha value is -1.15. The molecule has 0 aliphatic heterocycles. The lowest BCUT2D eigenvalue weighted by Crippen LogP contribution is -2.38. The molecule has 0 radical (unpaired) electrons. The van der Waals surface area contributed by atoms with E-state index in [0.717, 1.165) is 0 Å². The van der Waals surface area contributed by atoms with Gasteiger partial charge in [-0.05, 0) is 13.3 Å². The third-order valence-corrected chi connectivity index (χ3v) is 2.22. The average Bonchev–Trinajstić information content (AvgIpc) is 2.23. The Morgan fingerprint density at radius 2 is 1.93 bits per heavy atom. The second-order valence-electron chi connectivity index (χ2n) is 3.57. The summed E-state index contributed by atoms with van der Waals surface area (Å²) in [5.74, 6) is 0.0872. The number of carbonyl (C=O) groups is 1. The molecular formula is C13H20O2. The van der Waals surface area contributed by atoms with Crippen molar-refractivity contribution in [3.63, 3.8) is 0 Å². The number of hydrogen-bond acceptors (Lipinski definition) is 2. The molecule has 0 saturated carbocycles. The van der Waals surface area contributed by atoms with E-state index in [1.807, 2.05) is 0 Å². The van der Waals surface area contributed by atoms with Crippen molar-refractivity contribution in [2.75, 3.05) is 6.61 Å². The van der Waals surface area contributed by atoms with Gasteiger partial charge < -0.3 is 4.74 Å². The van der Waals surface area contributed by atoms with Crippen LogP contribution in [0.25, 0.3) is 0 Å². The van der Waals surface area contributed by atoms with Crippen molar-refractivity contribution in [3.05, 3.63) is 38.0 Å². The maximum Gasteiger partial charge on any atom is 0.164 e. The Morgan fingerprint density at radius 3 is 2.40 bits per heavy atom. The molecule has 15 heavy (non-hydrogen) atoms. The average molecular weight is 208 g/mol. The molecular weight excluding hydrogens is 188 g/mol. The van der Waals surface area contributed by atoms with E-state index in [2.05, 4.69) is 19.7 Å². The Morgan fingerprint density at radius 1 is 1.27 bits per heavy atom. The number of ether oxygens (including phenoxy) is 1. The van der Waals surface area contributed by atoms with Crippen molar-refractivity contribution >= 4 is 5.78 Å². The van der Waals surface area contributed by atoms with Crippen LogP contribution >= 0.6 is 0 Å². The lowest BCUT2D eigenvalue weighted by atomic mass is 9.93. The highest BCUT2D eigenvalue weighted by Gasteiger charge is 2.31. The van der Waals surface area contributed by atoms with Gasteiger partial charge in [-0.2, -0.15) is 0 Å². The smallest absolute Gasteiger partial charge is 0.164 e. The van der Waals surface area contributed by atoms with Crippen molar-refractivity contribution < 1.29 is 9.53 Å². The molecule has 0 unspecified atom stereocenters. The maximum absolute atomic E-state index is 11.9. The van der Waals surface area contributed by atoms with Gasteiger partial charge in [-0.25, -0.2) is 0 Å². The normalized spacial score (nSPS) is 13.9. The summed E-state index contributed by atoms with van der Waals surface area (Å²) >= 11 is 0. The van der Waals surface area contributed by atoms with Crippen LogP contribution in [-0.4, -0.2) is 18.0 Å². The predicted molar refractivity (Wildman–Crippen MR) is 63.8 cm³/mol. The number of Topliss-reactive ketones (excluding diaryl/α,β-unsaturated/α-hetero) is 1. The second-order valence-corrected chi connectivity index (χ2v) is 3.57. The van der Waals surface area contributed by atoms with E-state index in [-0.39, 0.29) is 5.78 Å². The molecule has 2 heteroatoms. The molecule has 0 aliphatic carbocycles. The van der Waals surface area contributed by atoms with Gasteiger partial charge in [-0.3, -0.25) is 4.79 Å². The third-order valence-electron chi connectivity index (χ3n) is 2.22. The quantitative estimate of drug-likeness (QED) is 0.544. The van der Waals surface area contributed by atoms with Gasteiger partial charge in [0.25, 0.3) is 0 Å². The van der Waals surface area contributed by atoms with Crippen LogP contribution < -0.4 is 0 Å². The van der Waals surface area contributed by atoms with Crippen LogP contribution in [0.5, 0.6) is 0 Å². The molecule has 0 aliphatic rings. The van der Waals surface area contributed by atoms with E-state index in [4.69, 9.17) is 4.74 Å². The molecule has 0 aromatic heterocycles. The molecule has 84 valence electrons. The van der Waals surface area contributed by atoms with Crippen LogP contribution in [0.2, 0.25) is 0 Å². The Labute approximate surface area is 92.3 Å². The summed E-state index contributed by atoms with van der Waals surface area (Å²) in [5.41, 5.74) is -0.765. The highest BCUT2D eigenvalue weighted by molar-refractivity contribution is 5.87. The Bertz CT molecular complexity index is 243. The maximum atomic E-state index is 11.9. The zero-order valence-electron chi connectivity index (χ0n) is 9.50. The van der Waals surface area contributed by atoms with Gasteiger partial charge in [0.2, 0.25) is 0 Å². The first kappa shape index (κ1) is 13.8. The van der Waals surface area contributed by atoms with Crippen LogP contribution in [-0.2, 0) is 9.53 Å². The molecule has 0 amide bonds. The van der Waals surface area contributed by atoms with E-state index < -0.39 is 5.60 Å². The highest BCUT2D eigenvalue weighted by Crippen LogP contribution is 2.20. The number of hydrogen-bond donors (Lipinski definition) is 0. The van der Waals surface area contributed by atoms with Gasteiger partial charge >= 0.3 is 0 Å². The topological polar surface area (TPSA) is 26.3 Å². The summed E-state index contributed by atoms with van der Waals surface area (Å²) in [4.78, 5) is 11.9. The molecule has 0 aromatic rings. The Kier molecular flexibility index (Phi) is 6.63. The monoisotopic (exact) mass is 208 g/mol. The first-order valence-corrected chi connectivity index (χ1v) is 5.10. The molecule has 0 saturated heterocycles. The minimum atomic E-state index is -0.765. The summed E-state index contributed by atoms with van der Waals surface area (Å²) in [7, 11) is 0. The van der Waals surface area contributed by atoms with Crippen LogP contribution in [0.3, 0.4) is 0 Å². The molecule has 0 spiro atoms. The largest absolute Gasteiger partial charge is 0.363 e. The zero-order chi connectivity index (χ0) is 11.7. The van der Waals surface area contributed by atoms with Crippen LogP contribution in [0.4, 0.5) is 0 Å². The zero-order valence-corrected chi connectivity index (χ0v) is 9.50. The first-order valence-electron chi connectivity index (χ1n) is 5.10. The van der Waals surface area contributed by atoms with E-state index in [9.17, 15) is 4.79 Å². The summed E-state index contributed by atoms with van der Waals surface area (Å²) < 4.78 is 5.50. The minimum Gasteiger partial charge on any atom is -0.363 e. The number of carbonyl (C=O) groups excluding carboxylic acids is 1. The SMILES string of the molecule is C=CCCC(=O)[C@@](C)(CC=C)OCC=C. The molecule has 0 heterocycles. The van der Waals surface area contributed by atoms with Crippen molar-refractivity contribution in [2.45, 2.75) is 31.8 Å². The van der Waals surface area contributed by atoms with Gasteiger partial charge in [0.05, 0.1) is 6.61 Å². The van der Waals surface area contributed by atoms with E-state index in [1.165, 1.54) is 0 Å². The van der Waals surface area contributed by atoms with Gasteiger partial charge in [0.1, 0.15) is 5.60 Å². The summed E-state index contributed by atoms with van der Waals surface area (Å²) in [5, 5.41) is 0. The third kappa shape index (κ3) is 4.75. The van der Waals surface area contributed by atoms with Crippen LogP contribution in [0.15, 0.2) is 38.0 Å². The number of ketones is 1. The summed E-state index contributed by atoms with van der Waals surface area (Å²) in [6.07, 6.45) is 6.75. The van der Waals surface area contributed by atoms with Gasteiger partial charge in [0, 0.05) is 12.8 Å². The molecule has 0 rings (SSSR count). The fourth-order valence-electron chi connectivity index (χ4n) is 1.27. The molecule has 0 bridgehead atoms. The standard InChI is InChI=1S/C13H20O2/c1-5-8-9-12(14)13(4,10-6-2)15-11-7-3/h5-7H,1-3,8-11H2,4H3/t13-/m1/s1. The Balaban J connectivity index is 4.44. The lowest BCUT2D eigenvalue weighted by molar-refractivity contribution is -0.140. The first-order chi connectivity index (χ1) is 7.10. The van der Waals surface area contributed by atoms with E-state index >= 15 is 0 Å². The second kappa shape index (κ2) is 7.18. The molecule has 1 atom stereocenters. The van der Waals surface area contributed by atoms with Crippen LogP contribution in [0.1, 0.15) is 26.2 Å². The van der Waals surface area contributed by atoms with Crippen molar-refractivity contribution in [1.82, 2.24) is 0 Å². The van der Waals surface area contributed by atoms with Crippen molar-refractivity contribution in [2.24, 2.45) is 0 Å². The number of rotatable bonds is 9. The van der Waals surface area contributed by atoms with E-state index in [0.29, 0.717) is 25.9 Å². The fourth-order valence-corrected chi connectivity index (χ4v) is 1.27. The van der Waals surface area contributed by atoms with Crippen molar-refractivity contribution in [1.29, 1.82) is 0 Å². The summed E-state index contributed by atoms with van der Waals surface area (Å²) in [6, 6.07) is 0. The lowest BCUT2D eigenvalue weighted by Gasteiger charge is -2.26. The fraction of sp³-hybridized carbons (Fsp3) is 0.462. The predicted octanol–water partition coefficient (Wildman–Crippen LogP) is 3.06. The van der Waals surface area contributed by atoms with Gasteiger partial charge in [-0.1, -0.05) is 18.2 Å². The van der Waals surface area contributed by atoms with Gasteiger partial charge in [-0.15, -0.1) is 19.7 Å². The molecule has 0 fully saturated rings. The summed E-state index contributed by atoms with van der Waals surface area (Å²) in [6.45, 7) is 13.0. The number of allylic oxidation sites excluding steroid dienone is 1. The van der Waals surface area contributed by atoms with Crippen LogP contribution in [0, 0.1) is 0 Å². The highest BCUT2D eigenvalue weighted by atomic mass is 16.5. The molecule has 0 aromatic carbocycles. The van der Waals surface area contributed by atoms with Gasteiger partial charge in [0.15, 0.2) is 5.78 Å². The van der Waals surface area contributed by atoms with E-state index in [1.54, 1.807) is 25.2 Å². The minimum absolute atomic E-state index is 0.0872. The molecule has 0 N–H and O–H groups in total. The molecule has 2 nitrogen and oxygen atoms in total.